The maximum atomic E-state index is 4.51. The smallest absolute Gasteiger partial charge is 0.193 e. The summed E-state index contributed by atoms with van der Waals surface area (Å²) in [5.74, 6) is 1.78. The van der Waals surface area contributed by atoms with Gasteiger partial charge in [0.15, 0.2) is 5.96 Å². The minimum absolute atomic E-state index is 0.225. The summed E-state index contributed by atoms with van der Waals surface area (Å²) in [5, 5.41) is 3.59. The number of guanidine groups is 1. The average Bonchev–Trinajstić information content (AvgIpc) is 2.96. The molecule has 4 heteroatoms. The van der Waals surface area contributed by atoms with Crippen molar-refractivity contribution >= 4 is 5.96 Å². The van der Waals surface area contributed by atoms with Gasteiger partial charge in [0.1, 0.15) is 0 Å². The average molecular weight is 331 g/mol. The highest BCUT2D eigenvalue weighted by Gasteiger charge is 2.26. The summed E-state index contributed by atoms with van der Waals surface area (Å²) in [4.78, 5) is 9.17. The second-order valence-electron chi connectivity index (χ2n) is 8.09. The van der Waals surface area contributed by atoms with Crippen LogP contribution in [-0.2, 0) is 6.42 Å². The van der Waals surface area contributed by atoms with E-state index in [9.17, 15) is 0 Å². The lowest BCUT2D eigenvalue weighted by atomic mass is 9.93. The molecule has 1 aliphatic rings. The van der Waals surface area contributed by atoms with E-state index in [1.165, 1.54) is 18.4 Å². The quantitative estimate of drug-likeness (QED) is 0.643. The predicted octanol–water partition coefficient (Wildman–Crippen LogP) is 2.71. The fourth-order valence-electron chi connectivity index (χ4n) is 3.70. The molecule has 1 heterocycles. The maximum Gasteiger partial charge on any atom is 0.193 e. The summed E-state index contributed by atoms with van der Waals surface area (Å²) < 4.78 is 0. The van der Waals surface area contributed by atoms with Gasteiger partial charge in [-0.2, -0.15) is 0 Å². The first-order valence-corrected chi connectivity index (χ1v) is 9.04. The molecule has 1 fully saturated rings. The molecule has 0 saturated carbocycles. The van der Waals surface area contributed by atoms with Crippen LogP contribution < -0.4 is 5.32 Å². The van der Waals surface area contributed by atoms with Gasteiger partial charge in [-0.1, -0.05) is 44.2 Å². The molecule has 1 atom stereocenters. The first kappa shape index (κ1) is 18.8. The first-order chi connectivity index (χ1) is 11.4. The monoisotopic (exact) mass is 330 g/mol. The van der Waals surface area contributed by atoms with E-state index >= 15 is 0 Å². The SMILES string of the molecule is CN=C(NCC(C)(C)CN(C)C)N1CCC(Cc2ccccc2)C1. The molecule has 0 aromatic heterocycles. The molecule has 1 aliphatic heterocycles. The zero-order valence-electron chi connectivity index (χ0n) is 16.0. The van der Waals surface area contributed by atoms with Crippen LogP contribution in [0.3, 0.4) is 0 Å². The summed E-state index contributed by atoms with van der Waals surface area (Å²) in [7, 11) is 6.16. The molecular weight excluding hydrogens is 296 g/mol. The zero-order chi connectivity index (χ0) is 17.6. The van der Waals surface area contributed by atoms with Crippen LogP contribution >= 0.6 is 0 Å². The van der Waals surface area contributed by atoms with Crippen LogP contribution in [0, 0.1) is 11.3 Å². The molecule has 24 heavy (non-hydrogen) atoms. The molecule has 0 radical (unpaired) electrons. The predicted molar refractivity (Wildman–Crippen MR) is 104 cm³/mol. The van der Waals surface area contributed by atoms with Crippen LogP contribution in [-0.4, -0.2) is 63.1 Å². The van der Waals surface area contributed by atoms with Crippen molar-refractivity contribution in [3.63, 3.8) is 0 Å². The molecule has 0 spiro atoms. The second-order valence-corrected chi connectivity index (χ2v) is 8.09. The van der Waals surface area contributed by atoms with E-state index in [1.807, 2.05) is 7.05 Å². The van der Waals surface area contributed by atoms with Crippen molar-refractivity contribution < 1.29 is 0 Å². The number of benzene rings is 1. The Hall–Kier alpha value is -1.55. The van der Waals surface area contributed by atoms with Gasteiger partial charge < -0.3 is 15.1 Å². The van der Waals surface area contributed by atoms with Gasteiger partial charge in [-0.3, -0.25) is 4.99 Å². The molecule has 1 saturated heterocycles. The molecule has 1 N–H and O–H groups in total. The Labute approximate surface area is 147 Å². The Bertz CT molecular complexity index is 522. The third-order valence-electron chi connectivity index (χ3n) is 4.63. The lowest BCUT2D eigenvalue weighted by Gasteiger charge is -2.31. The number of aliphatic imine (C=N–C) groups is 1. The van der Waals surface area contributed by atoms with Crippen molar-refractivity contribution in [2.24, 2.45) is 16.3 Å². The standard InChI is InChI=1S/C20H34N4/c1-20(2,16-23(4)5)15-22-19(21-3)24-12-11-18(14-24)13-17-9-7-6-8-10-17/h6-10,18H,11-16H2,1-5H3,(H,21,22). The Balaban J connectivity index is 1.84. The van der Waals surface area contributed by atoms with Gasteiger partial charge in [0, 0.05) is 33.2 Å². The van der Waals surface area contributed by atoms with Gasteiger partial charge in [0.2, 0.25) is 0 Å². The van der Waals surface area contributed by atoms with E-state index in [2.05, 4.69) is 78.4 Å². The molecule has 1 unspecified atom stereocenters. The van der Waals surface area contributed by atoms with Crippen LogP contribution in [0.25, 0.3) is 0 Å². The number of rotatable bonds is 6. The van der Waals surface area contributed by atoms with E-state index in [4.69, 9.17) is 0 Å². The van der Waals surface area contributed by atoms with Gasteiger partial charge in [-0.25, -0.2) is 0 Å². The number of nitrogens with zero attached hydrogens (tertiary/aromatic N) is 3. The number of hydrogen-bond donors (Lipinski definition) is 1. The normalized spacial score (nSPS) is 19.2. The summed E-state index contributed by atoms with van der Waals surface area (Å²) in [5.41, 5.74) is 1.67. The summed E-state index contributed by atoms with van der Waals surface area (Å²) >= 11 is 0. The Morgan fingerprint density at radius 3 is 2.62 bits per heavy atom. The maximum absolute atomic E-state index is 4.51. The van der Waals surface area contributed by atoms with E-state index in [0.29, 0.717) is 0 Å². The highest BCUT2D eigenvalue weighted by molar-refractivity contribution is 5.80. The highest BCUT2D eigenvalue weighted by Crippen LogP contribution is 2.21. The van der Waals surface area contributed by atoms with Crippen LogP contribution in [0.1, 0.15) is 25.8 Å². The fraction of sp³-hybridized carbons (Fsp3) is 0.650. The molecular formula is C20H34N4. The van der Waals surface area contributed by atoms with Crippen molar-refractivity contribution in [1.82, 2.24) is 15.1 Å². The van der Waals surface area contributed by atoms with Crippen molar-refractivity contribution in [2.45, 2.75) is 26.7 Å². The van der Waals surface area contributed by atoms with Gasteiger partial charge in [-0.05, 0) is 43.8 Å². The third kappa shape index (κ3) is 5.82. The van der Waals surface area contributed by atoms with Gasteiger partial charge >= 0.3 is 0 Å². The Kier molecular flexibility index (Phi) is 6.67. The molecule has 0 aliphatic carbocycles. The van der Waals surface area contributed by atoms with E-state index in [0.717, 1.165) is 38.1 Å². The van der Waals surface area contributed by atoms with Gasteiger partial charge in [0.25, 0.3) is 0 Å². The minimum atomic E-state index is 0.225. The molecule has 134 valence electrons. The Morgan fingerprint density at radius 2 is 2.00 bits per heavy atom. The van der Waals surface area contributed by atoms with E-state index in [1.54, 1.807) is 0 Å². The van der Waals surface area contributed by atoms with Crippen molar-refractivity contribution in [3.8, 4) is 0 Å². The number of hydrogen-bond acceptors (Lipinski definition) is 2. The first-order valence-electron chi connectivity index (χ1n) is 9.04. The van der Waals surface area contributed by atoms with Crippen molar-refractivity contribution in [3.05, 3.63) is 35.9 Å². The number of nitrogens with one attached hydrogen (secondary N) is 1. The lowest BCUT2D eigenvalue weighted by Crippen LogP contribution is -2.46. The zero-order valence-corrected chi connectivity index (χ0v) is 16.0. The van der Waals surface area contributed by atoms with Gasteiger partial charge in [0.05, 0.1) is 0 Å². The van der Waals surface area contributed by atoms with E-state index in [-0.39, 0.29) is 5.41 Å². The van der Waals surface area contributed by atoms with Crippen molar-refractivity contribution in [1.29, 1.82) is 0 Å². The summed E-state index contributed by atoms with van der Waals surface area (Å²) in [6.07, 6.45) is 2.41. The van der Waals surface area contributed by atoms with Crippen molar-refractivity contribution in [2.75, 3.05) is 47.3 Å². The molecule has 0 bridgehead atoms. The molecule has 1 aromatic rings. The largest absolute Gasteiger partial charge is 0.356 e. The highest BCUT2D eigenvalue weighted by atomic mass is 15.3. The second kappa shape index (κ2) is 8.52. The van der Waals surface area contributed by atoms with Crippen LogP contribution in [0.4, 0.5) is 0 Å². The van der Waals surface area contributed by atoms with Gasteiger partial charge in [-0.15, -0.1) is 0 Å². The summed E-state index contributed by atoms with van der Waals surface area (Å²) in [6, 6.07) is 10.8. The molecule has 2 rings (SSSR count). The van der Waals surface area contributed by atoms with Crippen LogP contribution in [0.2, 0.25) is 0 Å². The Morgan fingerprint density at radius 1 is 1.29 bits per heavy atom. The third-order valence-corrected chi connectivity index (χ3v) is 4.63. The van der Waals surface area contributed by atoms with Crippen LogP contribution in [0.15, 0.2) is 35.3 Å². The molecule has 1 aromatic carbocycles. The lowest BCUT2D eigenvalue weighted by molar-refractivity contribution is 0.239. The number of likely N-dealkylation sites (tertiary alicyclic amines) is 1. The summed E-state index contributed by atoms with van der Waals surface area (Å²) in [6.45, 7) is 8.81. The minimum Gasteiger partial charge on any atom is -0.356 e. The fourth-order valence-corrected chi connectivity index (χ4v) is 3.70. The molecule has 4 nitrogen and oxygen atoms in total. The topological polar surface area (TPSA) is 30.9 Å². The van der Waals surface area contributed by atoms with Crippen LogP contribution in [0.5, 0.6) is 0 Å². The van der Waals surface area contributed by atoms with E-state index < -0.39 is 0 Å². The molecule has 0 amide bonds.